The van der Waals surface area contributed by atoms with E-state index in [9.17, 15) is 0 Å². The lowest BCUT2D eigenvalue weighted by molar-refractivity contribution is 1.13. The summed E-state index contributed by atoms with van der Waals surface area (Å²) >= 11 is 13.3. The van der Waals surface area contributed by atoms with Crippen LogP contribution in [0.25, 0.3) is 0 Å². The van der Waals surface area contributed by atoms with Gasteiger partial charge in [0.15, 0.2) is 0 Å². The van der Waals surface area contributed by atoms with E-state index in [4.69, 9.17) is 23.2 Å². The molecule has 0 bridgehead atoms. The predicted molar refractivity (Wildman–Crippen MR) is 68.1 cm³/mol. The van der Waals surface area contributed by atoms with E-state index in [2.05, 4.69) is 9.97 Å². The van der Waals surface area contributed by atoms with Gasteiger partial charge >= 0.3 is 0 Å². The van der Waals surface area contributed by atoms with E-state index in [0.717, 1.165) is 16.3 Å². The van der Waals surface area contributed by atoms with E-state index in [1.807, 2.05) is 30.3 Å². The van der Waals surface area contributed by atoms with Crippen LogP contribution < -0.4 is 0 Å². The Morgan fingerprint density at radius 1 is 1.12 bits per heavy atom. The molecule has 0 saturated heterocycles. The van der Waals surface area contributed by atoms with Crippen LogP contribution in [0.1, 0.15) is 5.56 Å². The van der Waals surface area contributed by atoms with Crippen molar-refractivity contribution in [2.24, 2.45) is 0 Å². The molecule has 2 heterocycles. The average molecular weight is 271 g/mol. The van der Waals surface area contributed by atoms with E-state index in [-0.39, 0.29) is 0 Å². The second-order valence-electron chi connectivity index (χ2n) is 3.08. The summed E-state index contributed by atoms with van der Waals surface area (Å²) < 4.78 is 0. The molecule has 0 aliphatic heterocycles. The number of halogens is 2. The molecule has 0 fully saturated rings. The molecular weight excluding hydrogens is 263 g/mol. The van der Waals surface area contributed by atoms with Gasteiger partial charge in [0.25, 0.3) is 0 Å². The highest BCUT2D eigenvalue weighted by atomic mass is 35.5. The van der Waals surface area contributed by atoms with Crippen molar-refractivity contribution in [1.29, 1.82) is 0 Å². The largest absolute Gasteiger partial charge is 0.250 e. The molecular formula is C11H8Cl2N2S. The topological polar surface area (TPSA) is 25.8 Å². The van der Waals surface area contributed by atoms with Gasteiger partial charge in [0.2, 0.25) is 0 Å². The Morgan fingerprint density at radius 3 is 2.50 bits per heavy atom. The number of hydrogen-bond acceptors (Lipinski definition) is 3. The first-order valence-corrected chi connectivity index (χ1v) is 6.34. The number of rotatable bonds is 3. The van der Waals surface area contributed by atoms with Crippen molar-refractivity contribution in [3.8, 4) is 0 Å². The standard InChI is InChI=1S/C11H8Cl2N2S/c12-9-5-8(6-10(13)15-9)7-16-11-3-1-2-4-14-11/h1-6H,7H2. The molecule has 2 rings (SSSR count). The maximum atomic E-state index is 5.81. The summed E-state index contributed by atoms with van der Waals surface area (Å²) in [5.74, 6) is 0.777. The molecule has 0 aliphatic carbocycles. The van der Waals surface area contributed by atoms with Crippen LogP contribution in [0.4, 0.5) is 0 Å². The minimum atomic E-state index is 0.420. The van der Waals surface area contributed by atoms with E-state index in [0.29, 0.717) is 10.3 Å². The first kappa shape index (κ1) is 11.7. The van der Waals surface area contributed by atoms with Crippen LogP contribution >= 0.6 is 35.0 Å². The third-order valence-electron chi connectivity index (χ3n) is 1.85. The van der Waals surface area contributed by atoms with Gasteiger partial charge in [0, 0.05) is 11.9 Å². The molecule has 0 amide bonds. The molecule has 0 aromatic carbocycles. The third kappa shape index (κ3) is 3.37. The lowest BCUT2D eigenvalue weighted by Gasteiger charge is -2.02. The van der Waals surface area contributed by atoms with Crippen molar-refractivity contribution < 1.29 is 0 Å². The fourth-order valence-corrected chi connectivity index (χ4v) is 2.48. The first-order chi connectivity index (χ1) is 7.74. The normalized spacial score (nSPS) is 10.4. The van der Waals surface area contributed by atoms with Gasteiger partial charge < -0.3 is 0 Å². The van der Waals surface area contributed by atoms with E-state index in [1.165, 1.54) is 0 Å². The SMILES string of the molecule is Clc1cc(CSc2ccccn2)cc(Cl)n1. The fourth-order valence-electron chi connectivity index (χ4n) is 1.19. The Hall–Kier alpha value is -0.770. The second kappa shape index (κ2) is 5.53. The van der Waals surface area contributed by atoms with Crippen LogP contribution in [0.2, 0.25) is 10.3 Å². The maximum absolute atomic E-state index is 5.81. The zero-order valence-electron chi connectivity index (χ0n) is 8.23. The van der Waals surface area contributed by atoms with E-state index >= 15 is 0 Å². The molecule has 82 valence electrons. The van der Waals surface area contributed by atoms with Crippen LogP contribution in [0.15, 0.2) is 41.6 Å². The number of hydrogen-bond donors (Lipinski definition) is 0. The summed E-state index contributed by atoms with van der Waals surface area (Å²) in [5.41, 5.74) is 1.04. The van der Waals surface area contributed by atoms with Gasteiger partial charge in [-0.3, -0.25) is 0 Å². The highest BCUT2D eigenvalue weighted by molar-refractivity contribution is 7.98. The van der Waals surface area contributed by atoms with Crippen molar-refractivity contribution >= 4 is 35.0 Å². The Bertz CT molecular complexity index is 456. The summed E-state index contributed by atoms with van der Waals surface area (Å²) in [7, 11) is 0. The van der Waals surface area contributed by atoms with Gasteiger partial charge in [-0.05, 0) is 29.8 Å². The average Bonchev–Trinajstić information content (AvgIpc) is 2.27. The molecule has 0 radical (unpaired) electrons. The van der Waals surface area contributed by atoms with Gasteiger partial charge in [-0.25, -0.2) is 9.97 Å². The molecule has 2 aromatic rings. The number of thioether (sulfide) groups is 1. The van der Waals surface area contributed by atoms with Crippen LogP contribution in [0.3, 0.4) is 0 Å². The minimum Gasteiger partial charge on any atom is -0.250 e. The molecule has 0 spiro atoms. The number of nitrogens with zero attached hydrogens (tertiary/aromatic N) is 2. The molecule has 2 nitrogen and oxygen atoms in total. The summed E-state index contributed by atoms with van der Waals surface area (Å²) in [4.78, 5) is 8.12. The molecule has 0 atom stereocenters. The summed E-state index contributed by atoms with van der Waals surface area (Å²) in [6.45, 7) is 0. The molecule has 0 unspecified atom stereocenters. The lowest BCUT2D eigenvalue weighted by atomic mass is 10.3. The molecule has 2 aromatic heterocycles. The summed E-state index contributed by atoms with van der Waals surface area (Å²) in [6, 6.07) is 9.44. The molecule has 0 saturated carbocycles. The zero-order chi connectivity index (χ0) is 11.4. The maximum Gasteiger partial charge on any atom is 0.131 e. The summed E-state index contributed by atoms with van der Waals surface area (Å²) in [5, 5.41) is 1.82. The Labute approximate surface area is 108 Å². The Morgan fingerprint density at radius 2 is 1.88 bits per heavy atom. The van der Waals surface area contributed by atoms with Crippen LogP contribution in [0, 0.1) is 0 Å². The quantitative estimate of drug-likeness (QED) is 0.621. The number of pyridine rings is 2. The molecule has 5 heteroatoms. The van der Waals surface area contributed by atoms with Gasteiger partial charge in [0.1, 0.15) is 10.3 Å². The molecule has 16 heavy (non-hydrogen) atoms. The molecule has 0 N–H and O–H groups in total. The van der Waals surface area contributed by atoms with E-state index < -0.39 is 0 Å². The van der Waals surface area contributed by atoms with Crippen molar-refractivity contribution in [2.45, 2.75) is 10.8 Å². The minimum absolute atomic E-state index is 0.420. The predicted octanol–water partition coefficient (Wildman–Crippen LogP) is 4.08. The van der Waals surface area contributed by atoms with E-state index in [1.54, 1.807) is 18.0 Å². The van der Waals surface area contributed by atoms with Crippen LogP contribution in [0.5, 0.6) is 0 Å². The van der Waals surface area contributed by atoms with Crippen LogP contribution in [-0.2, 0) is 5.75 Å². The smallest absolute Gasteiger partial charge is 0.131 e. The van der Waals surface area contributed by atoms with Gasteiger partial charge in [-0.15, -0.1) is 11.8 Å². The van der Waals surface area contributed by atoms with Crippen LogP contribution in [-0.4, -0.2) is 9.97 Å². The number of aromatic nitrogens is 2. The third-order valence-corrected chi connectivity index (χ3v) is 3.25. The zero-order valence-corrected chi connectivity index (χ0v) is 10.6. The van der Waals surface area contributed by atoms with Gasteiger partial charge in [-0.1, -0.05) is 29.3 Å². The van der Waals surface area contributed by atoms with Crippen molar-refractivity contribution in [1.82, 2.24) is 9.97 Å². The summed E-state index contributed by atoms with van der Waals surface area (Å²) in [6.07, 6.45) is 1.77. The highest BCUT2D eigenvalue weighted by Gasteiger charge is 2.01. The monoisotopic (exact) mass is 270 g/mol. The van der Waals surface area contributed by atoms with Crippen molar-refractivity contribution in [3.63, 3.8) is 0 Å². The van der Waals surface area contributed by atoms with Crippen molar-refractivity contribution in [3.05, 3.63) is 52.4 Å². The fraction of sp³-hybridized carbons (Fsp3) is 0.0909. The van der Waals surface area contributed by atoms with Gasteiger partial charge in [0.05, 0.1) is 5.03 Å². The second-order valence-corrected chi connectivity index (χ2v) is 4.85. The molecule has 0 aliphatic rings. The van der Waals surface area contributed by atoms with Crippen molar-refractivity contribution in [2.75, 3.05) is 0 Å². The Balaban J connectivity index is 2.05. The van der Waals surface area contributed by atoms with Gasteiger partial charge in [-0.2, -0.15) is 0 Å². The highest BCUT2D eigenvalue weighted by Crippen LogP contribution is 2.23. The first-order valence-electron chi connectivity index (χ1n) is 4.60. The Kier molecular flexibility index (Phi) is 4.04. The lowest BCUT2D eigenvalue weighted by Crippen LogP contribution is -1.85.